The zero-order valence-corrected chi connectivity index (χ0v) is 15.8. The summed E-state index contributed by atoms with van der Waals surface area (Å²) >= 11 is 5.76. The smallest absolute Gasteiger partial charge is 0.316 e. The van der Waals surface area contributed by atoms with E-state index in [2.05, 4.69) is 9.97 Å². The van der Waals surface area contributed by atoms with Gasteiger partial charge < -0.3 is 19.1 Å². The van der Waals surface area contributed by atoms with Crippen LogP contribution in [0.25, 0.3) is 6.08 Å². The normalized spacial score (nSPS) is 16.6. The van der Waals surface area contributed by atoms with Crippen molar-refractivity contribution in [2.24, 2.45) is 0 Å². The number of methoxy groups -OCH3 is 2. The van der Waals surface area contributed by atoms with Crippen LogP contribution in [0.15, 0.2) is 36.7 Å². The second-order valence-electron chi connectivity index (χ2n) is 5.94. The van der Waals surface area contributed by atoms with Gasteiger partial charge in [0.15, 0.2) is 11.5 Å². The lowest BCUT2D eigenvalue weighted by Crippen LogP contribution is -2.29. The zero-order valence-electron chi connectivity index (χ0n) is 15.1. The molecule has 1 aromatic carbocycles. The number of halogens is 1. The first-order chi connectivity index (χ1) is 13.1. The predicted molar refractivity (Wildman–Crippen MR) is 101 cm³/mol. The van der Waals surface area contributed by atoms with E-state index in [9.17, 15) is 4.79 Å². The Balaban J connectivity index is 1.57. The maximum Gasteiger partial charge on any atom is 0.316 e. The summed E-state index contributed by atoms with van der Waals surface area (Å²) in [7, 11) is 3.16. The Morgan fingerprint density at radius 2 is 1.96 bits per heavy atom. The Hall–Kier alpha value is -2.80. The minimum absolute atomic E-state index is 0.0760. The highest BCUT2D eigenvalue weighted by Crippen LogP contribution is 2.28. The van der Waals surface area contributed by atoms with Gasteiger partial charge in [-0.25, -0.2) is 9.97 Å². The molecule has 142 valence electrons. The summed E-state index contributed by atoms with van der Waals surface area (Å²) < 4.78 is 16.2. The first-order valence-electron chi connectivity index (χ1n) is 8.42. The van der Waals surface area contributed by atoms with Crippen LogP contribution in [0, 0.1) is 0 Å². The third kappa shape index (κ3) is 4.89. The Bertz CT molecular complexity index is 826. The van der Waals surface area contributed by atoms with E-state index in [1.54, 1.807) is 37.3 Å². The summed E-state index contributed by atoms with van der Waals surface area (Å²) in [6.45, 7) is 1.11. The number of benzene rings is 1. The average Bonchev–Trinajstić information content (AvgIpc) is 3.16. The number of hydrogen-bond donors (Lipinski definition) is 0. The number of carbonyl (C=O) groups excluding carboxylic acids is 1. The second-order valence-corrected chi connectivity index (χ2v) is 6.38. The number of rotatable bonds is 6. The molecule has 1 aliphatic heterocycles. The molecule has 27 heavy (non-hydrogen) atoms. The van der Waals surface area contributed by atoms with Gasteiger partial charge in [-0.05, 0) is 23.8 Å². The van der Waals surface area contributed by atoms with Crippen LogP contribution in [0.5, 0.6) is 17.5 Å². The van der Waals surface area contributed by atoms with E-state index in [0.29, 0.717) is 29.6 Å². The number of ether oxygens (including phenoxy) is 3. The van der Waals surface area contributed by atoms with Crippen molar-refractivity contribution in [3.05, 3.63) is 47.3 Å². The number of likely N-dealkylation sites (tertiary alicyclic amines) is 1. The molecule has 1 saturated heterocycles. The van der Waals surface area contributed by atoms with Crippen LogP contribution < -0.4 is 14.2 Å². The van der Waals surface area contributed by atoms with E-state index < -0.39 is 0 Å². The first-order valence-corrected chi connectivity index (χ1v) is 8.80. The SMILES string of the molecule is COc1ccc(C=CC(=O)N2CCC(Oc3ncc(Cl)cn3)C2)cc1OC. The van der Waals surface area contributed by atoms with Crippen molar-refractivity contribution in [3.8, 4) is 17.5 Å². The van der Waals surface area contributed by atoms with Gasteiger partial charge in [-0.3, -0.25) is 4.79 Å². The molecule has 1 unspecified atom stereocenters. The molecule has 0 radical (unpaired) electrons. The highest BCUT2D eigenvalue weighted by Gasteiger charge is 2.27. The molecule has 0 spiro atoms. The molecule has 0 saturated carbocycles. The van der Waals surface area contributed by atoms with E-state index in [1.807, 2.05) is 12.1 Å². The molecule has 7 nitrogen and oxygen atoms in total. The third-order valence-electron chi connectivity index (χ3n) is 4.15. The molecule has 8 heteroatoms. The van der Waals surface area contributed by atoms with E-state index in [4.69, 9.17) is 25.8 Å². The van der Waals surface area contributed by atoms with Gasteiger partial charge in [0.2, 0.25) is 5.91 Å². The summed E-state index contributed by atoms with van der Waals surface area (Å²) in [5.74, 6) is 1.18. The molecule has 1 atom stereocenters. The Kier molecular flexibility index (Phi) is 6.13. The van der Waals surface area contributed by atoms with Crippen LogP contribution in [-0.4, -0.2) is 54.2 Å². The van der Waals surface area contributed by atoms with Crippen LogP contribution in [-0.2, 0) is 4.79 Å². The first kappa shape index (κ1) is 19.0. The number of amides is 1. The fourth-order valence-corrected chi connectivity index (χ4v) is 2.86. The van der Waals surface area contributed by atoms with Gasteiger partial charge in [0, 0.05) is 19.0 Å². The maximum atomic E-state index is 12.4. The molecule has 0 aliphatic carbocycles. The molecule has 1 aliphatic rings. The standard InChI is InChI=1S/C19H20ClN3O4/c1-25-16-5-3-13(9-17(16)26-2)4-6-18(24)23-8-7-15(12-23)27-19-21-10-14(20)11-22-19/h3-6,9-11,15H,7-8,12H2,1-2H3. The Morgan fingerprint density at radius 3 is 2.67 bits per heavy atom. The van der Waals surface area contributed by atoms with Gasteiger partial charge in [0.25, 0.3) is 0 Å². The van der Waals surface area contributed by atoms with Gasteiger partial charge in [-0.2, -0.15) is 0 Å². The van der Waals surface area contributed by atoms with Crippen molar-refractivity contribution in [3.63, 3.8) is 0 Å². The summed E-state index contributed by atoms with van der Waals surface area (Å²) in [6, 6.07) is 5.74. The molecule has 2 aromatic rings. The number of hydrogen-bond acceptors (Lipinski definition) is 6. The van der Waals surface area contributed by atoms with Gasteiger partial charge in [-0.15, -0.1) is 0 Å². The molecule has 1 amide bonds. The second kappa shape index (κ2) is 8.73. The predicted octanol–water partition coefficient (Wildman–Crippen LogP) is 2.84. The summed E-state index contributed by atoms with van der Waals surface area (Å²) in [4.78, 5) is 22.2. The minimum atomic E-state index is -0.135. The summed E-state index contributed by atoms with van der Waals surface area (Å²) in [5.41, 5.74) is 0.850. The maximum absolute atomic E-state index is 12.4. The van der Waals surface area contributed by atoms with Crippen LogP contribution in [0.1, 0.15) is 12.0 Å². The molecule has 1 fully saturated rings. The number of nitrogens with zero attached hydrogens (tertiary/aromatic N) is 3. The van der Waals surface area contributed by atoms with Crippen LogP contribution in [0.2, 0.25) is 5.02 Å². The van der Waals surface area contributed by atoms with Crippen LogP contribution in [0.4, 0.5) is 0 Å². The van der Waals surface area contributed by atoms with Gasteiger partial charge in [0.1, 0.15) is 6.10 Å². The summed E-state index contributed by atoms with van der Waals surface area (Å²) in [5, 5.41) is 0.450. The molecule has 2 heterocycles. The van der Waals surface area contributed by atoms with Crippen molar-refractivity contribution in [2.75, 3.05) is 27.3 Å². The number of aromatic nitrogens is 2. The molecule has 1 aromatic heterocycles. The minimum Gasteiger partial charge on any atom is -0.493 e. The highest BCUT2D eigenvalue weighted by atomic mass is 35.5. The van der Waals surface area contributed by atoms with E-state index in [-0.39, 0.29) is 18.0 Å². The fraction of sp³-hybridized carbons (Fsp3) is 0.316. The topological polar surface area (TPSA) is 73.8 Å². The van der Waals surface area contributed by atoms with E-state index >= 15 is 0 Å². The monoisotopic (exact) mass is 389 g/mol. The lowest BCUT2D eigenvalue weighted by molar-refractivity contribution is -0.125. The lowest BCUT2D eigenvalue weighted by atomic mass is 10.2. The average molecular weight is 390 g/mol. The van der Waals surface area contributed by atoms with Crippen molar-refractivity contribution in [1.29, 1.82) is 0 Å². The highest BCUT2D eigenvalue weighted by molar-refractivity contribution is 6.30. The van der Waals surface area contributed by atoms with E-state index in [1.165, 1.54) is 12.4 Å². The molecule has 3 rings (SSSR count). The lowest BCUT2D eigenvalue weighted by Gasteiger charge is -2.14. The number of carbonyl (C=O) groups is 1. The van der Waals surface area contributed by atoms with Crippen LogP contribution >= 0.6 is 11.6 Å². The molecule has 0 N–H and O–H groups in total. The van der Waals surface area contributed by atoms with Crippen molar-refractivity contribution >= 4 is 23.6 Å². The van der Waals surface area contributed by atoms with Crippen molar-refractivity contribution in [1.82, 2.24) is 14.9 Å². The van der Waals surface area contributed by atoms with Gasteiger partial charge in [0.05, 0.1) is 38.2 Å². The Labute approximate surface area is 162 Å². The van der Waals surface area contributed by atoms with Crippen molar-refractivity contribution < 1.29 is 19.0 Å². The molecule has 0 bridgehead atoms. The largest absolute Gasteiger partial charge is 0.493 e. The fourth-order valence-electron chi connectivity index (χ4n) is 2.76. The molecular weight excluding hydrogens is 370 g/mol. The van der Waals surface area contributed by atoms with Gasteiger partial charge in [-0.1, -0.05) is 17.7 Å². The summed E-state index contributed by atoms with van der Waals surface area (Å²) in [6.07, 6.45) is 6.84. The van der Waals surface area contributed by atoms with Crippen molar-refractivity contribution in [2.45, 2.75) is 12.5 Å². The van der Waals surface area contributed by atoms with Crippen LogP contribution in [0.3, 0.4) is 0 Å². The molecular formula is C19H20ClN3O4. The zero-order chi connectivity index (χ0) is 19.2. The quantitative estimate of drug-likeness (QED) is 0.707. The third-order valence-corrected chi connectivity index (χ3v) is 4.35. The van der Waals surface area contributed by atoms with Gasteiger partial charge >= 0.3 is 6.01 Å². The Morgan fingerprint density at radius 1 is 1.22 bits per heavy atom. The van der Waals surface area contributed by atoms with E-state index in [0.717, 1.165) is 12.0 Å².